The second kappa shape index (κ2) is 7.00. The van der Waals surface area contributed by atoms with Gasteiger partial charge in [0.1, 0.15) is 6.04 Å². The van der Waals surface area contributed by atoms with E-state index >= 15 is 0 Å². The molecular formula is C17H16F2N2O2. The van der Waals surface area contributed by atoms with Gasteiger partial charge in [0.15, 0.2) is 11.6 Å². The zero-order valence-corrected chi connectivity index (χ0v) is 12.5. The number of halogens is 2. The molecular weight excluding hydrogens is 302 g/mol. The number of hydrogen-bond donors (Lipinski definition) is 2. The fraction of sp³-hybridized carbons (Fsp3) is 0.176. The highest BCUT2D eigenvalue weighted by atomic mass is 19.2. The summed E-state index contributed by atoms with van der Waals surface area (Å²) in [6.07, 6.45) is 0.166. The SMILES string of the molecule is Cc1cccc(C[C@H](NC(=O)c2cccc(F)c2F)C(N)=O)c1. The van der Waals surface area contributed by atoms with E-state index in [1.54, 1.807) is 6.07 Å². The third-order valence-electron chi connectivity index (χ3n) is 3.37. The third kappa shape index (κ3) is 4.12. The van der Waals surface area contributed by atoms with Crippen molar-refractivity contribution in [2.24, 2.45) is 5.73 Å². The maximum Gasteiger partial charge on any atom is 0.255 e. The topological polar surface area (TPSA) is 72.2 Å². The Morgan fingerprint density at radius 2 is 1.87 bits per heavy atom. The molecule has 0 saturated carbocycles. The van der Waals surface area contributed by atoms with Gasteiger partial charge in [-0.05, 0) is 24.6 Å². The lowest BCUT2D eigenvalue weighted by molar-refractivity contribution is -0.119. The highest BCUT2D eigenvalue weighted by Gasteiger charge is 2.22. The summed E-state index contributed by atoms with van der Waals surface area (Å²) in [6.45, 7) is 1.89. The zero-order valence-electron chi connectivity index (χ0n) is 12.5. The summed E-state index contributed by atoms with van der Waals surface area (Å²) in [4.78, 5) is 23.6. The van der Waals surface area contributed by atoms with Crippen molar-refractivity contribution in [3.63, 3.8) is 0 Å². The molecule has 0 aliphatic heterocycles. The zero-order chi connectivity index (χ0) is 17.0. The summed E-state index contributed by atoms with van der Waals surface area (Å²) in [6, 6.07) is 9.59. The molecule has 0 radical (unpaired) electrons. The predicted octanol–water partition coefficient (Wildman–Crippen LogP) is 2.10. The monoisotopic (exact) mass is 318 g/mol. The molecule has 0 aliphatic rings. The minimum Gasteiger partial charge on any atom is -0.368 e. The van der Waals surface area contributed by atoms with Gasteiger partial charge in [-0.3, -0.25) is 9.59 Å². The highest BCUT2D eigenvalue weighted by molar-refractivity contribution is 5.97. The first kappa shape index (κ1) is 16.6. The highest BCUT2D eigenvalue weighted by Crippen LogP contribution is 2.12. The molecule has 2 amide bonds. The maximum absolute atomic E-state index is 13.6. The molecule has 4 nitrogen and oxygen atoms in total. The summed E-state index contributed by atoms with van der Waals surface area (Å²) >= 11 is 0. The van der Waals surface area contributed by atoms with Crippen molar-refractivity contribution in [2.45, 2.75) is 19.4 Å². The van der Waals surface area contributed by atoms with Crippen LogP contribution in [0.4, 0.5) is 8.78 Å². The molecule has 2 aromatic rings. The van der Waals surface area contributed by atoms with Gasteiger partial charge in [-0.2, -0.15) is 0 Å². The van der Waals surface area contributed by atoms with E-state index in [-0.39, 0.29) is 6.42 Å². The summed E-state index contributed by atoms with van der Waals surface area (Å²) in [5.74, 6) is -4.04. The molecule has 3 N–H and O–H groups in total. The Morgan fingerprint density at radius 3 is 2.52 bits per heavy atom. The molecule has 0 bridgehead atoms. The molecule has 1 atom stereocenters. The standard InChI is InChI=1S/C17H16F2N2O2/c1-10-4-2-5-11(8-10)9-14(16(20)22)21-17(23)12-6-3-7-13(18)15(12)19/h2-8,14H,9H2,1H3,(H2,20,22)(H,21,23)/t14-/m0/s1. The molecule has 0 aromatic heterocycles. The van der Waals surface area contributed by atoms with Crippen molar-refractivity contribution in [1.82, 2.24) is 5.32 Å². The van der Waals surface area contributed by atoms with E-state index in [0.717, 1.165) is 23.3 Å². The Hall–Kier alpha value is -2.76. The van der Waals surface area contributed by atoms with E-state index < -0.39 is 35.1 Å². The largest absolute Gasteiger partial charge is 0.368 e. The lowest BCUT2D eigenvalue weighted by Gasteiger charge is -2.16. The van der Waals surface area contributed by atoms with E-state index in [2.05, 4.69) is 5.32 Å². The van der Waals surface area contributed by atoms with Crippen molar-refractivity contribution < 1.29 is 18.4 Å². The van der Waals surface area contributed by atoms with E-state index in [1.807, 2.05) is 25.1 Å². The molecule has 2 rings (SSSR count). The second-order valence-electron chi connectivity index (χ2n) is 5.22. The molecule has 0 spiro atoms. The molecule has 23 heavy (non-hydrogen) atoms. The first-order valence-electron chi connectivity index (χ1n) is 6.98. The molecule has 0 unspecified atom stereocenters. The number of aryl methyl sites for hydroxylation is 1. The third-order valence-corrected chi connectivity index (χ3v) is 3.37. The lowest BCUT2D eigenvalue weighted by Crippen LogP contribution is -2.46. The lowest BCUT2D eigenvalue weighted by atomic mass is 10.0. The van der Waals surface area contributed by atoms with Crippen LogP contribution >= 0.6 is 0 Å². The van der Waals surface area contributed by atoms with Crippen molar-refractivity contribution in [3.05, 3.63) is 70.8 Å². The van der Waals surface area contributed by atoms with Crippen LogP contribution in [0.3, 0.4) is 0 Å². The fourth-order valence-electron chi connectivity index (χ4n) is 2.21. The van der Waals surface area contributed by atoms with Crippen LogP contribution in [-0.4, -0.2) is 17.9 Å². The van der Waals surface area contributed by atoms with Gasteiger partial charge in [0, 0.05) is 6.42 Å². The van der Waals surface area contributed by atoms with E-state index in [9.17, 15) is 18.4 Å². The van der Waals surface area contributed by atoms with Crippen LogP contribution in [-0.2, 0) is 11.2 Å². The van der Waals surface area contributed by atoms with E-state index in [4.69, 9.17) is 5.73 Å². The van der Waals surface area contributed by atoms with Crippen LogP contribution in [0.15, 0.2) is 42.5 Å². The number of amides is 2. The average molecular weight is 318 g/mol. The Labute approximate surface area is 132 Å². The van der Waals surface area contributed by atoms with Crippen molar-refractivity contribution >= 4 is 11.8 Å². The first-order chi connectivity index (χ1) is 10.9. The Bertz CT molecular complexity index is 747. The quantitative estimate of drug-likeness (QED) is 0.886. The van der Waals surface area contributed by atoms with Gasteiger partial charge < -0.3 is 11.1 Å². The van der Waals surface area contributed by atoms with Crippen molar-refractivity contribution in [3.8, 4) is 0 Å². The van der Waals surface area contributed by atoms with Gasteiger partial charge in [-0.1, -0.05) is 35.9 Å². The number of rotatable bonds is 5. The van der Waals surface area contributed by atoms with E-state index in [0.29, 0.717) is 0 Å². The Kier molecular flexibility index (Phi) is 5.05. The van der Waals surface area contributed by atoms with Crippen LogP contribution < -0.4 is 11.1 Å². The van der Waals surface area contributed by atoms with Gasteiger partial charge in [0.25, 0.3) is 5.91 Å². The summed E-state index contributed by atoms with van der Waals surface area (Å²) in [5.41, 5.74) is 6.62. The van der Waals surface area contributed by atoms with Gasteiger partial charge in [-0.25, -0.2) is 8.78 Å². The summed E-state index contributed by atoms with van der Waals surface area (Å²) in [5, 5.41) is 2.35. The Morgan fingerprint density at radius 1 is 1.17 bits per heavy atom. The van der Waals surface area contributed by atoms with Crippen LogP contribution in [0.2, 0.25) is 0 Å². The molecule has 2 aromatic carbocycles. The van der Waals surface area contributed by atoms with Crippen LogP contribution in [0, 0.1) is 18.6 Å². The molecule has 0 aliphatic carbocycles. The summed E-state index contributed by atoms with van der Waals surface area (Å²) in [7, 11) is 0. The second-order valence-corrected chi connectivity index (χ2v) is 5.22. The van der Waals surface area contributed by atoms with Gasteiger partial charge >= 0.3 is 0 Å². The number of benzene rings is 2. The number of primary amides is 1. The average Bonchev–Trinajstić information content (AvgIpc) is 2.49. The molecule has 0 heterocycles. The number of carbonyl (C=O) groups excluding carboxylic acids is 2. The van der Waals surface area contributed by atoms with E-state index in [1.165, 1.54) is 6.07 Å². The van der Waals surface area contributed by atoms with Gasteiger partial charge in [0.05, 0.1) is 5.56 Å². The number of carbonyl (C=O) groups is 2. The number of hydrogen-bond acceptors (Lipinski definition) is 2. The Balaban J connectivity index is 2.18. The molecule has 0 saturated heterocycles. The molecule has 0 fully saturated rings. The van der Waals surface area contributed by atoms with Crippen molar-refractivity contribution in [1.29, 1.82) is 0 Å². The first-order valence-corrected chi connectivity index (χ1v) is 6.98. The fourth-order valence-corrected chi connectivity index (χ4v) is 2.21. The normalized spacial score (nSPS) is 11.8. The molecule has 120 valence electrons. The minimum atomic E-state index is -1.26. The predicted molar refractivity (Wildman–Crippen MR) is 81.7 cm³/mol. The number of nitrogens with two attached hydrogens (primary N) is 1. The van der Waals surface area contributed by atoms with Crippen LogP contribution in [0.5, 0.6) is 0 Å². The van der Waals surface area contributed by atoms with Gasteiger partial charge in [-0.15, -0.1) is 0 Å². The van der Waals surface area contributed by atoms with Crippen molar-refractivity contribution in [2.75, 3.05) is 0 Å². The van der Waals surface area contributed by atoms with Gasteiger partial charge in [0.2, 0.25) is 5.91 Å². The van der Waals surface area contributed by atoms with Crippen LogP contribution in [0.1, 0.15) is 21.5 Å². The maximum atomic E-state index is 13.6. The minimum absolute atomic E-state index is 0.166. The number of nitrogens with one attached hydrogen (secondary N) is 1. The smallest absolute Gasteiger partial charge is 0.255 e. The summed E-state index contributed by atoms with van der Waals surface area (Å²) < 4.78 is 26.8. The molecule has 6 heteroatoms. The van der Waals surface area contributed by atoms with Crippen LogP contribution in [0.25, 0.3) is 0 Å².